The second-order valence-corrected chi connectivity index (χ2v) is 7.61. The van der Waals surface area contributed by atoms with Crippen LogP contribution in [0, 0.1) is 6.92 Å². The summed E-state index contributed by atoms with van der Waals surface area (Å²) in [6, 6.07) is 18.6. The molecule has 1 fully saturated rings. The Morgan fingerprint density at radius 3 is 2.37 bits per heavy atom. The van der Waals surface area contributed by atoms with E-state index >= 15 is 0 Å². The second kappa shape index (κ2) is 9.67. The first kappa shape index (κ1) is 19.6. The zero-order valence-electron chi connectivity index (χ0n) is 16.6. The third-order valence-corrected chi connectivity index (χ3v) is 5.29. The van der Waals surface area contributed by atoms with Crippen LogP contribution < -0.4 is 0 Å². The minimum Gasteiger partial charge on any atom is -0.337 e. The van der Waals surface area contributed by atoms with Crippen molar-refractivity contribution < 1.29 is 4.79 Å². The third-order valence-electron chi connectivity index (χ3n) is 5.29. The van der Waals surface area contributed by atoms with Gasteiger partial charge in [0, 0.05) is 45.8 Å². The molecule has 1 saturated heterocycles. The first-order chi connectivity index (χ1) is 13.1. The Kier molecular flexibility index (Phi) is 7.02. The summed E-state index contributed by atoms with van der Waals surface area (Å²) in [5.41, 5.74) is 3.48. The van der Waals surface area contributed by atoms with Gasteiger partial charge in [0.1, 0.15) is 0 Å². The van der Waals surface area contributed by atoms with Crippen LogP contribution in [-0.4, -0.2) is 66.9 Å². The van der Waals surface area contributed by atoms with Crippen molar-refractivity contribution in [3.05, 3.63) is 71.3 Å². The maximum atomic E-state index is 13.1. The summed E-state index contributed by atoms with van der Waals surface area (Å²) in [6.07, 6.45) is 0.469. The first-order valence-corrected chi connectivity index (χ1v) is 9.88. The summed E-state index contributed by atoms with van der Waals surface area (Å²) < 4.78 is 0. The SMILES string of the molecule is Cc1cccc(CC(=O)N(CCN2CCN(C)CC2)Cc2ccccc2)c1. The van der Waals surface area contributed by atoms with E-state index in [1.54, 1.807) is 0 Å². The predicted octanol–water partition coefficient (Wildman–Crippen LogP) is 2.81. The lowest BCUT2D eigenvalue weighted by Crippen LogP contribution is -2.47. The number of piperazine rings is 1. The molecule has 0 atom stereocenters. The molecule has 0 bridgehead atoms. The van der Waals surface area contributed by atoms with Gasteiger partial charge in [-0.2, -0.15) is 0 Å². The molecule has 1 aliphatic heterocycles. The smallest absolute Gasteiger partial charge is 0.227 e. The number of hydrogen-bond donors (Lipinski definition) is 0. The van der Waals surface area contributed by atoms with Crippen molar-refractivity contribution in [2.45, 2.75) is 19.9 Å². The average Bonchev–Trinajstić information content (AvgIpc) is 2.67. The van der Waals surface area contributed by atoms with Crippen LogP contribution in [0.15, 0.2) is 54.6 Å². The quantitative estimate of drug-likeness (QED) is 0.755. The molecule has 0 saturated carbocycles. The van der Waals surface area contributed by atoms with E-state index in [0.29, 0.717) is 13.0 Å². The number of benzene rings is 2. The maximum Gasteiger partial charge on any atom is 0.227 e. The van der Waals surface area contributed by atoms with Gasteiger partial charge in [0.05, 0.1) is 6.42 Å². The van der Waals surface area contributed by atoms with Gasteiger partial charge in [0.2, 0.25) is 5.91 Å². The van der Waals surface area contributed by atoms with Gasteiger partial charge >= 0.3 is 0 Å². The third kappa shape index (κ3) is 6.19. The predicted molar refractivity (Wildman–Crippen MR) is 111 cm³/mol. The van der Waals surface area contributed by atoms with Gasteiger partial charge in [-0.3, -0.25) is 9.69 Å². The van der Waals surface area contributed by atoms with E-state index in [1.807, 2.05) is 35.2 Å². The monoisotopic (exact) mass is 365 g/mol. The van der Waals surface area contributed by atoms with Gasteiger partial charge in [0.15, 0.2) is 0 Å². The van der Waals surface area contributed by atoms with E-state index in [9.17, 15) is 4.79 Å². The number of carbonyl (C=O) groups excluding carboxylic acids is 1. The Morgan fingerprint density at radius 2 is 1.67 bits per heavy atom. The molecule has 0 N–H and O–H groups in total. The Balaban J connectivity index is 1.64. The lowest BCUT2D eigenvalue weighted by atomic mass is 10.1. The second-order valence-electron chi connectivity index (χ2n) is 7.61. The summed E-state index contributed by atoms with van der Waals surface area (Å²) >= 11 is 0. The molecule has 1 amide bonds. The number of aryl methyl sites for hydroxylation is 1. The summed E-state index contributed by atoms with van der Waals surface area (Å²) in [6.45, 7) is 8.86. The van der Waals surface area contributed by atoms with Crippen LogP contribution in [0.2, 0.25) is 0 Å². The largest absolute Gasteiger partial charge is 0.337 e. The van der Waals surface area contributed by atoms with E-state index in [0.717, 1.165) is 44.8 Å². The minimum atomic E-state index is 0.207. The summed E-state index contributed by atoms with van der Waals surface area (Å²) in [5, 5.41) is 0. The Morgan fingerprint density at radius 1 is 0.963 bits per heavy atom. The highest BCUT2D eigenvalue weighted by Crippen LogP contribution is 2.11. The fraction of sp³-hybridized carbons (Fsp3) is 0.435. The molecule has 0 unspecified atom stereocenters. The van der Waals surface area contributed by atoms with E-state index in [-0.39, 0.29) is 5.91 Å². The van der Waals surface area contributed by atoms with E-state index in [4.69, 9.17) is 0 Å². The van der Waals surface area contributed by atoms with Crippen molar-refractivity contribution >= 4 is 5.91 Å². The highest BCUT2D eigenvalue weighted by Gasteiger charge is 2.18. The molecule has 0 radical (unpaired) electrons. The number of carbonyl (C=O) groups is 1. The topological polar surface area (TPSA) is 26.8 Å². The summed E-state index contributed by atoms with van der Waals surface area (Å²) in [7, 11) is 2.17. The molecular weight excluding hydrogens is 334 g/mol. The van der Waals surface area contributed by atoms with Crippen molar-refractivity contribution in [3.63, 3.8) is 0 Å². The first-order valence-electron chi connectivity index (χ1n) is 9.88. The van der Waals surface area contributed by atoms with Crippen LogP contribution in [0.25, 0.3) is 0 Å². The standard InChI is InChI=1S/C23H31N3O/c1-20-7-6-10-22(17-20)18-23(27)26(19-21-8-4-3-5-9-21)16-15-25-13-11-24(2)12-14-25/h3-10,17H,11-16,18-19H2,1-2H3. The number of amides is 1. The van der Waals surface area contributed by atoms with Crippen molar-refractivity contribution in [3.8, 4) is 0 Å². The van der Waals surface area contributed by atoms with Gasteiger partial charge in [-0.15, -0.1) is 0 Å². The summed E-state index contributed by atoms with van der Waals surface area (Å²) in [4.78, 5) is 19.9. The van der Waals surface area contributed by atoms with Gasteiger partial charge in [0.25, 0.3) is 0 Å². The molecule has 2 aromatic carbocycles. The molecule has 2 aromatic rings. The Hall–Kier alpha value is -2.17. The van der Waals surface area contributed by atoms with Crippen LogP contribution in [0.3, 0.4) is 0 Å². The lowest BCUT2D eigenvalue weighted by Gasteiger charge is -2.34. The average molecular weight is 366 g/mol. The molecule has 27 heavy (non-hydrogen) atoms. The van der Waals surface area contributed by atoms with E-state index in [1.165, 1.54) is 11.1 Å². The van der Waals surface area contributed by atoms with Crippen LogP contribution in [0.1, 0.15) is 16.7 Å². The fourth-order valence-electron chi connectivity index (χ4n) is 3.54. The van der Waals surface area contributed by atoms with Gasteiger partial charge < -0.3 is 9.80 Å². The molecule has 3 rings (SSSR count). The number of rotatable bonds is 7. The van der Waals surface area contributed by atoms with Crippen LogP contribution in [0.4, 0.5) is 0 Å². The highest BCUT2D eigenvalue weighted by atomic mass is 16.2. The van der Waals surface area contributed by atoms with Crippen LogP contribution in [0.5, 0.6) is 0 Å². The van der Waals surface area contributed by atoms with Gasteiger partial charge in [-0.25, -0.2) is 0 Å². The van der Waals surface area contributed by atoms with E-state index < -0.39 is 0 Å². The van der Waals surface area contributed by atoms with Crippen molar-refractivity contribution in [1.82, 2.24) is 14.7 Å². The minimum absolute atomic E-state index is 0.207. The molecule has 144 valence electrons. The van der Waals surface area contributed by atoms with Gasteiger partial charge in [-0.05, 0) is 25.1 Å². The molecular formula is C23H31N3O. The zero-order valence-corrected chi connectivity index (χ0v) is 16.6. The molecule has 0 aliphatic carbocycles. The normalized spacial score (nSPS) is 15.6. The van der Waals surface area contributed by atoms with Crippen LogP contribution >= 0.6 is 0 Å². The molecule has 4 nitrogen and oxygen atoms in total. The van der Waals surface area contributed by atoms with Crippen LogP contribution in [-0.2, 0) is 17.8 Å². The molecule has 0 spiro atoms. The number of nitrogens with zero attached hydrogens (tertiary/aromatic N) is 3. The lowest BCUT2D eigenvalue weighted by molar-refractivity contribution is -0.131. The molecule has 1 aliphatic rings. The summed E-state index contributed by atoms with van der Waals surface area (Å²) in [5.74, 6) is 0.207. The van der Waals surface area contributed by atoms with Crippen molar-refractivity contribution in [2.24, 2.45) is 0 Å². The highest BCUT2D eigenvalue weighted by molar-refractivity contribution is 5.78. The van der Waals surface area contributed by atoms with E-state index in [2.05, 4.69) is 48.0 Å². The number of likely N-dealkylation sites (N-methyl/N-ethyl adjacent to an activating group) is 1. The van der Waals surface area contributed by atoms with Gasteiger partial charge in [-0.1, -0.05) is 60.2 Å². The van der Waals surface area contributed by atoms with Crippen molar-refractivity contribution in [1.29, 1.82) is 0 Å². The fourth-order valence-corrected chi connectivity index (χ4v) is 3.54. The number of hydrogen-bond acceptors (Lipinski definition) is 3. The Bertz CT molecular complexity index is 723. The maximum absolute atomic E-state index is 13.1. The Labute approximate surface area is 163 Å². The zero-order chi connectivity index (χ0) is 19.1. The van der Waals surface area contributed by atoms with Crippen molar-refractivity contribution in [2.75, 3.05) is 46.3 Å². The molecule has 4 heteroatoms. The molecule has 1 heterocycles. The molecule has 0 aromatic heterocycles.